The van der Waals surface area contributed by atoms with Gasteiger partial charge in [-0.25, -0.2) is 21.5 Å². The summed E-state index contributed by atoms with van der Waals surface area (Å²) in [6.07, 6.45) is 0.384. The molecule has 158 valence electrons. The second-order valence-corrected chi connectivity index (χ2v) is 11.0. The third-order valence-electron chi connectivity index (χ3n) is 4.97. The van der Waals surface area contributed by atoms with Gasteiger partial charge < -0.3 is 4.74 Å². The summed E-state index contributed by atoms with van der Waals surface area (Å²) in [6, 6.07) is 16.5. The van der Waals surface area contributed by atoms with Crippen molar-refractivity contribution in [2.75, 3.05) is 23.3 Å². The van der Waals surface area contributed by atoms with Crippen molar-refractivity contribution in [3.8, 4) is 17.0 Å². The van der Waals surface area contributed by atoms with Crippen molar-refractivity contribution in [1.82, 2.24) is 9.78 Å². The summed E-state index contributed by atoms with van der Waals surface area (Å²) in [5, 5.41) is 4.54. The number of sulfone groups is 1. The van der Waals surface area contributed by atoms with Crippen LogP contribution in [0.25, 0.3) is 11.3 Å². The quantitative estimate of drug-likeness (QED) is 0.623. The number of anilines is 1. The molecule has 0 aliphatic carbocycles. The van der Waals surface area contributed by atoms with Crippen LogP contribution in [0.5, 0.6) is 5.75 Å². The molecule has 0 radical (unpaired) electrons. The van der Waals surface area contributed by atoms with Gasteiger partial charge in [0.1, 0.15) is 11.6 Å². The molecular weight excluding hydrogens is 426 g/mol. The van der Waals surface area contributed by atoms with Gasteiger partial charge in [0.05, 0.1) is 35.2 Å². The summed E-state index contributed by atoms with van der Waals surface area (Å²) in [7, 11) is -5.57. The van der Waals surface area contributed by atoms with E-state index in [0.29, 0.717) is 17.9 Å². The number of hydrogen-bond acceptors (Lipinski definition) is 6. The summed E-state index contributed by atoms with van der Waals surface area (Å²) in [5.41, 5.74) is 1.37. The van der Waals surface area contributed by atoms with E-state index in [1.165, 1.54) is 23.9 Å². The van der Waals surface area contributed by atoms with E-state index in [1.807, 2.05) is 30.3 Å². The van der Waals surface area contributed by atoms with Gasteiger partial charge in [-0.05, 0) is 30.7 Å². The van der Waals surface area contributed by atoms with E-state index in [0.717, 1.165) is 5.56 Å². The number of benzene rings is 2. The van der Waals surface area contributed by atoms with Crippen LogP contribution in [0.1, 0.15) is 12.5 Å². The van der Waals surface area contributed by atoms with Crippen LogP contribution in [0, 0.1) is 0 Å². The number of sulfonamides is 1. The Morgan fingerprint density at radius 3 is 2.40 bits per heavy atom. The predicted molar refractivity (Wildman–Crippen MR) is 114 cm³/mol. The minimum absolute atomic E-state index is 0.0584. The molecule has 4 rings (SSSR count). The summed E-state index contributed by atoms with van der Waals surface area (Å²) in [4.78, 5) is 0.0661. The van der Waals surface area contributed by atoms with Crippen molar-refractivity contribution < 1.29 is 21.6 Å². The van der Waals surface area contributed by atoms with E-state index >= 15 is 0 Å². The first kappa shape index (κ1) is 20.4. The van der Waals surface area contributed by atoms with E-state index in [1.54, 1.807) is 18.2 Å². The van der Waals surface area contributed by atoms with Crippen LogP contribution in [-0.2, 0) is 19.9 Å². The van der Waals surface area contributed by atoms with Gasteiger partial charge in [-0.15, -0.1) is 0 Å². The van der Waals surface area contributed by atoms with Gasteiger partial charge in [0, 0.05) is 11.6 Å². The zero-order chi connectivity index (χ0) is 21.4. The lowest BCUT2D eigenvalue weighted by atomic mass is 10.2. The van der Waals surface area contributed by atoms with Crippen molar-refractivity contribution in [1.29, 1.82) is 0 Å². The van der Waals surface area contributed by atoms with Gasteiger partial charge in [0.2, 0.25) is 0 Å². The van der Waals surface area contributed by atoms with E-state index < -0.39 is 25.9 Å². The molecule has 2 heterocycles. The topological polar surface area (TPSA) is 107 Å². The minimum atomic E-state index is -3.90. The maximum atomic E-state index is 12.9. The Labute approximate surface area is 175 Å². The first-order valence-corrected chi connectivity index (χ1v) is 12.6. The van der Waals surface area contributed by atoms with Gasteiger partial charge >= 0.3 is 0 Å². The van der Waals surface area contributed by atoms with E-state index in [2.05, 4.69) is 9.82 Å². The third-order valence-corrected chi connectivity index (χ3v) is 8.09. The van der Waals surface area contributed by atoms with Gasteiger partial charge in [0.15, 0.2) is 9.84 Å². The molecule has 3 aromatic rings. The molecule has 8 nitrogen and oxygen atoms in total. The van der Waals surface area contributed by atoms with Crippen molar-refractivity contribution in [2.24, 2.45) is 0 Å². The van der Waals surface area contributed by atoms with Crippen LogP contribution < -0.4 is 9.46 Å². The van der Waals surface area contributed by atoms with E-state index in [-0.39, 0.29) is 22.2 Å². The first-order chi connectivity index (χ1) is 14.3. The smallest absolute Gasteiger partial charge is 0.263 e. The molecule has 10 heteroatoms. The number of hydrogen-bond donors (Lipinski definition) is 1. The van der Waals surface area contributed by atoms with Crippen LogP contribution in [0.2, 0.25) is 0 Å². The predicted octanol–water partition coefficient (Wildman–Crippen LogP) is 2.72. The molecule has 0 bridgehead atoms. The zero-order valence-corrected chi connectivity index (χ0v) is 17.9. The highest BCUT2D eigenvalue weighted by atomic mass is 32.2. The normalized spacial score (nSPS) is 18.2. The van der Waals surface area contributed by atoms with E-state index in [4.69, 9.17) is 4.74 Å². The number of aromatic nitrogens is 2. The molecule has 1 fully saturated rings. The Bertz CT molecular complexity index is 1250. The highest BCUT2D eigenvalue weighted by Gasteiger charge is 2.32. The Morgan fingerprint density at radius 2 is 1.80 bits per heavy atom. The second kappa shape index (κ2) is 7.77. The molecule has 1 aliphatic rings. The SMILES string of the molecule is COc1ccc(S(=O)(=O)Nc2cc(-c3ccccc3)nn2C2CCS(=O)(=O)C2)cc1. The fourth-order valence-corrected chi connectivity index (χ4v) is 6.15. The second-order valence-electron chi connectivity index (χ2n) is 7.06. The van der Waals surface area contributed by atoms with E-state index in [9.17, 15) is 16.8 Å². The Kier molecular flexibility index (Phi) is 5.29. The van der Waals surface area contributed by atoms with Crippen molar-refractivity contribution in [2.45, 2.75) is 17.4 Å². The van der Waals surface area contributed by atoms with Crippen molar-refractivity contribution in [3.05, 3.63) is 60.7 Å². The molecule has 1 aliphatic heterocycles. The van der Waals surface area contributed by atoms with Crippen LogP contribution in [-0.4, -0.2) is 45.2 Å². The fraction of sp³-hybridized carbons (Fsp3) is 0.250. The van der Waals surface area contributed by atoms with Crippen molar-refractivity contribution in [3.63, 3.8) is 0 Å². The number of ether oxygens (including phenoxy) is 1. The lowest BCUT2D eigenvalue weighted by Crippen LogP contribution is -2.20. The largest absolute Gasteiger partial charge is 0.497 e. The monoisotopic (exact) mass is 447 g/mol. The average Bonchev–Trinajstić information content (AvgIpc) is 3.31. The molecule has 0 spiro atoms. The number of nitrogens with zero attached hydrogens (tertiary/aromatic N) is 2. The molecule has 30 heavy (non-hydrogen) atoms. The summed E-state index contributed by atoms with van der Waals surface area (Å²) in [6.45, 7) is 0. The number of rotatable bonds is 6. The first-order valence-electron chi connectivity index (χ1n) is 9.30. The van der Waals surface area contributed by atoms with Gasteiger partial charge in [-0.2, -0.15) is 5.10 Å². The molecule has 0 saturated carbocycles. The number of nitrogens with one attached hydrogen (secondary N) is 1. The highest BCUT2D eigenvalue weighted by Crippen LogP contribution is 2.31. The van der Waals surface area contributed by atoms with Gasteiger partial charge in [-0.3, -0.25) is 4.72 Å². The Balaban J connectivity index is 1.72. The Hall–Kier alpha value is -2.85. The van der Waals surface area contributed by atoms with Crippen molar-refractivity contribution >= 4 is 25.7 Å². The van der Waals surface area contributed by atoms with Gasteiger partial charge in [-0.1, -0.05) is 30.3 Å². The zero-order valence-electron chi connectivity index (χ0n) is 16.2. The molecule has 0 amide bonds. The Morgan fingerprint density at radius 1 is 1.10 bits per heavy atom. The maximum Gasteiger partial charge on any atom is 0.263 e. The molecule has 1 saturated heterocycles. The molecule has 1 N–H and O–H groups in total. The van der Waals surface area contributed by atoms with Crippen LogP contribution in [0.4, 0.5) is 5.82 Å². The summed E-state index contributed by atoms with van der Waals surface area (Å²) in [5.74, 6) is 0.761. The fourth-order valence-electron chi connectivity index (χ4n) is 3.42. The van der Waals surface area contributed by atoms with Crippen LogP contribution >= 0.6 is 0 Å². The molecule has 1 aromatic heterocycles. The molecule has 2 aromatic carbocycles. The summed E-state index contributed by atoms with van der Waals surface area (Å²) < 4.78 is 58.9. The molecular formula is C20H21N3O5S2. The minimum Gasteiger partial charge on any atom is -0.497 e. The van der Waals surface area contributed by atoms with Crippen LogP contribution in [0.15, 0.2) is 65.6 Å². The van der Waals surface area contributed by atoms with Crippen LogP contribution in [0.3, 0.4) is 0 Å². The highest BCUT2D eigenvalue weighted by molar-refractivity contribution is 7.92. The van der Waals surface area contributed by atoms with Gasteiger partial charge in [0.25, 0.3) is 10.0 Å². The molecule has 1 atom stereocenters. The maximum absolute atomic E-state index is 12.9. The average molecular weight is 448 g/mol. The molecule has 1 unspecified atom stereocenters. The lowest BCUT2D eigenvalue weighted by Gasteiger charge is -2.14. The third kappa shape index (κ3) is 4.19. The standard InChI is InChI=1S/C20H21N3O5S2/c1-28-17-7-9-18(10-8-17)30(26,27)22-20-13-19(15-5-3-2-4-6-15)21-23(20)16-11-12-29(24,25)14-16/h2-10,13,16,22H,11-12,14H2,1H3. The number of methoxy groups -OCH3 is 1. The summed E-state index contributed by atoms with van der Waals surface area (Å²) >= 11 is 0. The lowest BCUT2D eigenvalue weighted by molar-refractivity contribution is 0.414.